The van der Waals surface area contributed by atoms with Gasteiger partial charge in [-0.2, -0.15) is 10.2 Å². The van der Waals surface area contributed by atoms with Gasteiger partial charge >= 0.3 is 17.9 Å². The lowest BCUT2D eigenvalue weighted by Crippen LogP contribution is -2.27. The highest BCUT2D eigenvalue weighted by Gasteiger charge is 2.25. The minimum Gasteiger partial charge on any atom is -0.463 e. The predicted octanol–water partition coefficient (Wildman–Crippen LogP) is 2.91. The van der Waals surface area contributed by atoms with Gasteiger partial charge in [0.2, 0.25) is 6.04 Å². The van der Waals surface area contributed by atoms with Crippen LogP contribution in [0.5, 0.6) is 0 Å². The number of carbonyl (C=O) groups excluding carboxylic acids is 4. The molecule has 1 atom stereocenters. The summed E-state index contributed by atoms with van der Waals surface area (Å²) in [6.45, 7) is 6.34. The lowest BCUT2D eigenvalue weighted by Gasteiger charge is -2.06. The van der Waals surface area contributed by atoms with E-state index >= 15 is 0 Å². The maximum atomic E-state index is 12.1. The highest BCUT2D eigenvalue weighted by Crippen LogP contribution is 2.15. The van der Waals surface area contributed by atoms with E-state index in [1.807, 2.05) is 0 Å². The van der Waals surface area contributed by atoms with Gasteiger partial charge in [0.25, 0.3) is 0 Å². The molecule has 0 amide bonds. The summed E-state index contributed by atoms with van der Waals surface area (Å²) in [5.41, 5.74) is 0.720. The van der Waals surface area contributed by atoms with Gasteiger partial charge in [-0.15, -0.1) is 0 Å². The number of Topliss-reactive ketones (excluding diaryl/α,β-unsaturated/α-hetero) is 1. The van der Waals surface area contributed by atoms with E-state index in [9.17, 15) is 19.2 Å². The van der Waals surface area contributed by atoms with Gasteiger partial charge in [0, 0.05) is 0 Å². The molecule has 0 saturated heterocycles. The van der Waals surface area contributed by atoms with Crippen LogP contribution in [0.25, 0.3) is 0 Å². The third-order valence-corrected chi connectivity index (χ3v) is 3.22. The normalized spacial score (nSPS) is 12.4. The molecule has 0 N–H and O–H groups in total. The fraction of sp³-hybridized carbons (Fsp3) is 0.368. The zero-order valence-electron chi connectivity index (χ0n) is 16.1. The van der Waals surface area contributed by atoms with Crippen molar-refractivity contribution in [2.24, 2.45) is 10.2 Å². The van der Waals surface area contributed by atoms with E-state index in [0.717, 1.165) is 13.2 Å². The SMILES string of the molecule is CCOC(=O)C(C)=COC(=O)C(N=Nc1ccc(C(=O)OCC)cc1)C(C)=O. The third-order valence-electron chi connectivity index (χ3n) is 3.22. The summed E-state index contributed by atoms with van der Waals surface area (Å²) >= 11 is 0. The zero-order chi connectivity index (χ0) is 21.1. The number of hydrogen-bond acceptors (Lipinski definition) is 9. The quantitative estimate of drug-likeness (QED) is 0.159. The number of hydrogen-bond donors (Lipinski definition) is 0. The number of azo groups is 1. The first-order valence-electron chi connectivity index (χ1n) is 8.53. The summed E-state index contributed by atoms with van der Waals surface area (Å²) in [4.78, 5) is 46.8. The Kier molecular flexibility index (Phi) is 9.21. The summed E-state index contributed by atoms with van der Waals surface area (Å²) in [5.74, 6) is -2.68. The summed E-state index contributed by atoms with van der Waals surface area (Å²) in [6, 6.07) is 4.46. The topological polar surface area (TPSA) is 121 Å². The van der Waals surface area contributed by atoms with Crippen molar-refractivity contribution in [2.45, 2.75) is 33.7 Å². The molecule has 0 saturated carbocycles. The van der Waals surface area contributed by atoms with Crippen LogP contribution >= 0.6 is 0 Å². The van der Waals surface area contributed by atoms with Crippen LogP contribution < -0.4 is 0 Å². The first-order chi connectivity index (χ1) is 13.3. The Morgan fingerprint density at radius 1 is 1.00 bits per heavy atom. The Morgan fingerprint density at radius 3 is 2.14 bits per heavy atom. The second kappa shape index (κ2) is 11.4. The second-order valence-corrected chi connectivity index (χ2v) is 5.45. The van der Waals surface area contributed by atoms with Crippen LogP contribution in [0.15, 0.2) is 46.3 Å². The number of esters is 3. The molecule has 28 heavy (non-hydrogen) atoms. The van der Waals surface area contributed by atoms with Crippen molar-refractivity contribution >= 4 is 29.4 Å². The van der Waals surface area contributed by atoms with Gasteiger partial charge in [-0.3, -0.25) is 4.79 Å². The molecule has 1 aromatic rings. The van der Waals surface area contributed by atoms with Gasteiger partial charge in [-0.1, -0.05) is 0 Å². The lowest BCUT2D eigenvalue weighted by atomic mass is 10.2. The highest BCUT2D eigenvalue weighted by molar-refractivity contribution is 6.02. The highest BCUT2D eigenvalue weighted by atomic mass is 16.5. The maximum absolute atomic E-state index is 12.1. The molecule has 0 spiro atoms. The Balaban J connectivity index is 2.82. The minimum absolute atomic E-state index is 0.0593. The molecule has 0 bridgehead atoms. The molecular formula is C19H22N2O7. The first kappa shape index (κ1) is 22.7. The first-order valence-corrected chi connectivity index (χ1v) is 8.53. The fourth-order valence-electron chi connectivity index (χ4n) is 1.80. The van der Waals surface area contributed by atoms with Crippen molar-refractivity contribution in [1.82, 2.24) is 0 Å². The molecule has 0 aliphatic rings. The molecule has 9 nitrogen and oxygen atoms in total. The number of nitrogens with zero attached hydrogens (tertiary/aromatic N) is 2. The number of rotatable bonds is 9. The minimum atomic E-state index is -1.49. The van der Waals surface area contributed by atoms with E-state index in [2.05, 4.69) is 10.2 Å². The van der Waals surface area contributed by atoms with Gasteiger partial charge in [0.05, 0.1) is 30.0 Å². The number of carbonyl (C=O) groups is 4. The van der Waals surface area contributed by atoms with Crippen LogP contribution in [-0.4, -0.2) is 42.9 Å². The average molecular weight is 390 g/mol. The van der Waals surface area contributed by atoms with Gasteiger partial charge in [-0.05, 0) is 52.0 Å². The Labute approximate surface area is 162 Å². The Hall–Kier alpha value is -3.36. The van der Waals surface area contributed by atoms with E-state index in [1.165, 1.54) is 31.2 Å². The van der Waals surface area contributed by atoms with Crippen LogP contribution in [-0.2, 0) is 28.6 Å². The van der Waals surface area contributed by atoms with Gasteiger partial charge < -0.3 is 14.2 Å². The van der Waals surface area contributed by atoms with E-state index < -0.39 is 29.7 Å². The molecule has 0 fully saturated rings. The smallest absolute Gasteiger partial charge is 0.345 e. The zero-order valence-corrected chi connectivity index (χ0v) is 16.1. The molecule has 150 valence electrons. The van der Waals surface area contributed by atoms with E-state index in [1.54, 1.807) is 13.8 Å². The molecule has 0 aromatic heterocycles. The van der Waals surface area contributed by atoms with Crippen molar-refractivity contribution in [1.29, 1.82) is 0 Å². The van der Waals surface area contributed by atoms with Gasteiger partial charge in [-0.25, -0.2) is 14.4 Å². The van der Waals surface area contributed by atoms with Gasteiger partial charge in [0.15, 0.2) is 5.78 Å². The van der Waals surface area contributed by atoms with E-state index in [4.69, 9.17) is 14.2 Å². The predicted molar refractivity (Wildman–Crippen MR) is 97.9 cm³/mol. The molecule has 1 rings (SSSR count). The third kappa shape index (κ3) is 7.10. The molecule has 0 heterocycles. The number of ether oxygens (including phenoxy) is 3. The standard InChI is InChI=1S/C19H22N2O7/c1-5-26-17(23)12(3)11-28-19(25)16(13(4)22)21-20-15-9-7-14(8-10-15)18(24)27-6-2/h7-11,16H,5-6H2,1-4H3. The van der Waals surface area contributed by atoms with Crippen LogP contribution in [0.3, 0.4) is 0 Å². The van der Waals surface area contributed by atoms with Crippen molar-refractivity contribution < 1.29 is 33.4 Å². The van der Waals surface area contributed by atoms with Crippen molar-refractivity contribution in [3.05, 3.63) is 41.7 Å². The maximum Gasteiger partial charge on any atom is 0.345 e. The molecule has 9 heteroatoms. The molecule has 0 radical (unpaired) electrons. The molecular weight excluding hydrogens is 368 g/mol. The average Bonchev–Trinajstić information content (AvgIpc) is 2.66. The lowest BCUT2D eigenvalue weighted by molar-refractivity contribution is -0.142. The molecule has 0 aliphatic carbocycles. The second-order valence-electron chi connectivity index (χ2n) is 5.45. The van der Waals surface area contributed by atoms with Crippen LogP contribution in [0.2, 0.25) is 0 Å². The van der Waals surface area contributed by atoms with Crippen LogP contribution in [0.4, 0.5) is 5.69 Å². The van der Waals surface area contributed by atoms with Crippen molar-refractivity contribution in [3.8, 4) is 0 Å². The number of ketones is 1. The Morgan fingerprint density at radius 2 is 1.61 bits per heavy atom. The van der Waals surface area contributed by atoms with Crippen molar-refractivity contribution in [3.63, 3.8) is 0 Å². The van der Waals surface area contributed by atoms with Crippen LogP contribution in [0.1, 0.15) is 38.1 Å². The molecule has 1 unspecified atom stereocenters. The molecule has 0 aliphatic heterocycles. The summed E-state index contributed by atoms with van der Waals surface area (Å²) in [7, 11) is 0. The van der Waals surface area contributed by atoms with Crippen LogP contribution in [0, 0.1) is 0 Å². The van der Waals surface area contributed by atoms with Gasteiger partial charge in [0.1, 0.15) is 6.26 Å². The fourth-order valence-corrected chi connectivity index (χ4v) is 1.80. The molecule has 1 aromatic carbocycles. The van der Waals surface area contributed by atoms with Crippen molar-refractivity contribution in [2.75, 3.05) is 13.2 Å². The Bertz CT molecular complexity index is 782. The monoisotopic (exact) mass is 390 g/mol. The summed E-state index contributed by atoms with van der Waals surface area (Å²) in [6.07, 6.45) is 0.903. The summed E-state index contributed by atoms with van der Waals surface area (Å²) < 4.78 is 14.4. The largest absolute Gasteiger partial charge is 0.463 e. The van der Waals surface area contributed by atoms with E-state index in [-0.39, 0.29) is 18.8 Å². The van der Waals surface area contributed by atoms with E-state index in [0.29, 0.717) is 11.3 Å². The number of benzene rings is 1. The summed E-state index contributed by atoms with van der Waals surface area (Å²) in [5, 5.41) is 7.53.